The molecular formula is C15H16Br2N2S. The summed E-state index contributed by atoms with van der Waals surface area (Å²) in [7, 11) is 0. The minimum Gasteiger partial charge on any atom is -0.314 e. The maximum atomic E-state index is 3.72. The van der Waals surface area contributed by atoms with Gasteiger partial charge in [-0.3, -0.25) is 4.90 Å². The van der Waals surface area contributed by atoms with Gasteiger partial charge in [-0.1, -0.05) is 37.9 Å². The highest BCUT2D eigenvalue weighted by molar-refractivity contribution is 9.11. The largest absolute Gasteiger partial charge is 0.314 e. The quantitative estimate of drug-likeness (QED) is 0.805. The van der Waals surface area contributed by atoms with Crippen molar-refractivity contribution >= 4 is 43.2 Å². The van der Waals surface area contributed by atoms with E-state index in [9.17, 15) is 0 Å². The fraction of sp³-hybridized carbons (Fsp3) is 0.333. The summed E-state index contributed by atoms with van der Waals surface area (Å²) in [4.78, 5) is 3.97. The zero-order valence-electron chi connectivity index (χ0n) is 11.0. The molecule has 0 spiro atoms. The zero-order valence-corrected chi connectivity index (χ0v) is 15.0. The van der Waals surface area contributed by atoms with E-state index in [1.54, 1.807) is 0 Å². The van der Waals surface area contributed by atoms with Gasteiger partial charge in [-0.2, -0.15) is 0 Å². The molecule has 2 heterocycles. The molecule has 0 unspecified atom stereocenters. The van der Waals surface area contributed by atoms with E-state index in [1.807, 2.05) is 11.3 Å². The van der Waals surface area contributed by atoms with Gasteiger partial charge in [-0.15, -0.1) is 11.3 Å². The predicted octanol–water partition coefficient (Wildman–Crippen LogP) is 4.27. The highest BCUT2D eigenvalue weighted by atomic mass is 79.9. The molecule has 5 heteroatoms. The van der Waals surface area contributed by atoms with Crippen LogP contribution in [0.4, 0.5) is 0 Å². The Labute approximate surface area is 140 Å². The van der Waals surface area contributed by atoms with Crippen LogP contribution < -0.4 is 5.32 Å². The third-order valence-electron chi connectivity index (χ3n) is 3.58. The monoisotopic (exact) mass is 414 g/mol. The second kappa shape index (κ2) is 6.71. The van der Waals surface area contributed by atoms with Crippen LogP contribution >= 0.6 is 43.2 Å². The number of hydrogen-bond donors (Lipinski definition) is 1. The maximum absolute atomic E-state index is 3.72. The first-order valence-corrected chi connectivity index (χ1v) is 9.15. The molecule has 1 aromatic heterocycles. The van der Waals surface area contributed by atoms with E-state index in [0.717, 1.165) is 30.7 Å². The number of hydrogen-bond acceptors (Lipinski definition) is 3. The van der Waals surface area contributed by atoms with Crippen molar-refractivity contribution in [3.63, 3.8) is 0 Å². The summed E-state index contributed by atoms with van der Waals surface area (Å²) in [6.07, 6.45) is 0. The third kappa shape index (κ3) is 3.17. The van der Waals surface area contributed by atoms with Crippen molar-refractivity contribution in [1.82, 2.24) is 10.2 Å². The summed E-state index contributed by atoms with van der Waals surface area (Å²) >= 11 is 9.16. The Morgan fingerprint density at radius 2 is 1.95 bits per heavy atom. The number of nitrogens with one attached hydrogen (secondary N) is 1. The summed E-state index contributed by atoms with van der Waals surface area (Å²) in [5.41, 5.74) is 1.34. The molecule has 0 amide bonds. The molecule has 1 aliphatic rings. The number of halogens is 2. The minimum atomic E-state index is 0.337. The van der Waals surface area contributed by atoms with E-state index in [2.05, 4.69) is 77.8 Å². The molecule has 3 rings (SSSR count). The number of rotatable bonds is 3. The van der Waals surface area contributed by atoms with Gasteiger partial charge in [-0.25, -0.2) is 0 Å². The Bertz CT molecular complexity index is 565. The lowest BCUT2D eigenvalue weighted by Crippen LogP contribution is -2.45. The Morgan fingerprint density at radius 1 is 1.15 bits per heavy atom. The minimum absolute atomic E-state index is 0.337. The molecule has 1 aliphatic heterocycles. The van der Waals surface area contributed by atoms with Crippen LogP contribution in [0.3, 0.4) is 0 Å². The van der Waals surface area contributed by atoms with Crippen molar-refractivity contribution in [3.8, 4) is 0 Å². The molecule has 106 valence electrons. The van der Waals surface area contributed by atoms with E-state index >= 15 is 0 Å². The van der Waals surface area contributed by atoms with Gasteiger partial charge in [0.05, 0.1) is 6.04 Å². The van der Waals surface area contributed by atoms with E-state index in [0.29, 0.717) is 6.04 Å². The van der Waals surface area contributed by atoms with Crippen LogP contribution in [0, 0.1) is 0 Å². The topological polar surface area (TPSA) is 15.3 Å². The lowest BCUT2D eigenvalue weighted by atomic mass is 10.0. The molecule has 0 saturated carbocycles. The number of nitrogens with zero attached hydrogens (tertiary/aromatic N) is 1. The van der Waals surface area contributed by atoms with Crippen LogP contribution in [0.2, 0.25) is 0 Å². The Hall–Kier alpha value is -0.200. The van der Waals surface area contributed by atoms with Crippen LogP contribution in [-0.4, -0.2) is 31.1 Å². The van der Waals surface area contributed by atoms with Gasteiger partial charge >= 0.3 is 0 Å². The standard InChI is InChI=1S/C15H16Br2N2S/c16-11-3-4-13(17)12(10-11)15(14-2-1-9-20-14)19-7-5-18-6-8-19/h1-4,9-10,15,18H,5-8H2/t15-/m1/s1. The normalized spacial score (nSPS) is 18.1. The highest BCUT2D eigenvalue weighted by Gasteiger charge is 2.26. The van der Waals surface area contributed by atoms with Gasteiger partial charge in [0.15, 0.2) is 0 Å². The first-order chi connectivity index (χ1) is 9.75. The SMILES string of the molecule is Brc1ccc(Br)c([C@H](c2cccs2)N2CCNCC2)c1. The van der Waals surface area contributed by atoms with E-state index in [1.165, 1.54) is 14.9 Å². The first kappa shape index (κ1) is 14.7. The predicted molar refractivity (Wildman–Crippen MR) is 92.4 cm³/mol. The van der Waals surface area contributed by atoms with Gasteiger partial charge in [0.2, 0.25) is 0 Å². The molecule has 2 aromatic rings. The van der Waals surface area contributed by atoms with Gasteiger partial charge in [0, 0.05) is 40.0 Å². The van der Waals surface area contributed by atoms with Crippen LogP contribution in [-0.2, 0) is 0 Å². The molecule has 1 N–H and O–H groups in total. The molecule has 0 bridgehead atoms. The Morgan fingerprint density at radius 3 is 2.65 bits per heavy atom. The van der Waals surface area contributed by atoms with Crippen LogP contribution in [0.5, 0.6) is 0 Å². The van der Waals surface area contributed by atoms with Gasteiger partial charge in [0.25, 0.3) is 0 Å². The van der Waals surface area contributed by atoms with Crippen molar-refractivity contribution in [2.24, 2.45) is 0 Å². The molecular weight excluding hydrogens is 400 g/mol. The van der Waals surface area contributed by atoms with E-state index in [4.69, 9.17) is 0 Å². The number of benzene rings is 1. The average molecular weight is 416 g/mol. The molecule has 1 atom stereocenters. The lowest BCUT2D eigenvalue weighted by Gasteiger charge is -2.35. The molecule has 1 fully saturated rings. The summed E-state index contributed by atoms with van der Waals surface area (Å²) < 4.78 is 2.31. The second-order valence-electron chi connectivity index (χ2n) is 4.87. The summed E-state index contributed by atoms with van der Waals surface area (Å²) in [5.74, 6) is 0. The third-order valence-corrected chi connectivity index (χ3v) is 5.72. The Kier molecular flexibility index (Phi) is 4.94. The summed E-state index contributed by atoms with van der Waals surface area (Å²) in [5, 5.41) is 5.60. The number of thiophene rings is 1. The van der Waals surface area contributed by atoms with Crippen LogP contribution in [0.25, 0.3) is 0 Å². The molecule has 0 radical (unpaired) electrons. The molecule has 20 heavy (non-hydrogen) atoms. The van der Waals surface area contributed by atoms with Crippen molar-refractivity contribution in [1.29, 1.82) is 0 Å². The first-order valence-electron chi connectivity index (χ1n) is 6.69. The summed E-state index contributed by atoms with van der Waals surface area (Å²) in [6, 6.07) is 11.2. The van der Waals surface area contributed by atoms with Gasteiger partial charge in [-0.05, 0) is 35.2 Å². The smallest absolute Gasteiger partial charge is 0.0708 e. The van der Waals surface area contributed by atoms with Crippen molar-refractivity contribution in [3.05, 3.63) is 55.1 Å². The maximum Gasteiger partial charge on any atom is 0.0708 e. The lowest BCUT2D eigenvalue weighted by molar-refractivity contribution is 0.200. The fourth-order valence-corrected chi connectivity index (χ4v) is 4.36. The summed E-state index contributed by atoms with van der Waals surface area (Å²) in [6.45, 7) is 4.30. The fourth-order valence-electron chi connectivity index (χ4n) is 2.64. The van der Waals surface area contributed by atoms with Gasteiger partial charge in [0.1, 0.15) is 0 Å². The molecule has 1 saturated heterocycles. The second-order valence-corrected chi connectivity index (χ2v) is 7.62. The zero-order chi connectivity index (χ0) is 13.9. The van der Waals surface area contributed by atoms with Crippen LogP contribution in [0.1, 0.15) is 16.5 Å². The molecule has 2 nitrogen and oxygen atoms in total. The highest BCUT2D eigenvalue weighted by Crippen LogP contribution is 2.37. The van der Waals surface area contributed by atoms with Gasteiger partial charge < -0.3 is 5.32 Å². The van der Waals surface area contributed by atoms with E-state index < -0.39 is 0 Å². The average Bonchev–Trinajstić information content (AvgIpc) is 2.98. The molecule has 0 aliphatic carbocycles. The van der Waals surface area contributed by atoms with Crippen molar-refractivity contribution in [2.75, 3.05) is 26.2 Å². The van der Waals surface area contributed by atoms with E-state index in [-0.39, 0.29) is 0 Å². The van der Waals surface area contributed by atoms with Crippen molar-refractivity contribution in [2.45, 2.75) is 6.04 Å². The van der Waals surface area contributed by atoms with Crippen molar-refractivity contribution < 1.29 is 0 Å². The number of piperazine rings is 1. The van der Waals surface area contributed by atoms with Crippen LogP contribution in [0.15, 0.2) is 44.7 Å². The Balaban J connectivity index is 2.02. The molecule has 1 aromatic carbocycles.